The molecule has 0 saturated carbocycles. The fourth-order valence-electron chi connectivity index (χ4n) is 3.20. The fraction of sp³-hybridized carbons (Fsp3) is 0.316. The average molecular weight is 395 g/mol. The molecule has 0 spiro atoms. The quantitative estimate of drug-likeness (QED) is 0.503. The Morgan fingerprint density at radius 2 is 2.04 bits per heavy atom. The molecule has 0 aliphatic rings. The number of benzene rings is 1. The highest BCUT2D eigenvalue weighted by molar-refractivity contribution is 7.99. The Morgan fingerprint density at radius 3 is 2.82 bits per heavy atom. The Morgan fingerprint density at radius 1 is 1.21 bits per heavy atom. The van der Waals surface area contributed by atoms with Gasteiger partial charge in [-0.05, 0) is 26.8 Å². The molecule has 0 aliphatic carbocycles. The highest BCUT2D eigenvalue weighted by Crippen LogP contribution is 2.27. The van der Waals surface area contributed by atoms with E-state index < -0.39 is 0 Å². The minimum Gasteiger partial charge on any atom is -0.324 e. The highest BCUT2D eigenvalue weighted by atomic mass is 32.2. The van der Waals surface area contributed by atoms with Crippen molar-refractivity contribution in [3.63, 3.8) is 0 Å². The van der Waals surface area contributed by atoms with Gasteiger partial charge in [-0.3, -0.25) is 4.79 Å². The molecule has 0 unspecified atom stereocenters. The number of hydrogen-bond acceptors (Lipinski definition) is 6. The van der Waals surface area contributed by atoms with Crippen molar-refractivity contribution in [1.29, 1.82) is 0 Å². The molecule has 0 fully saturated rings. The lowest BCUT2D eigenvalue weighted by molar-refractivity contribution is -0.113. The van der Waals surface area contributed by atoms with E-state index in [4.69, 9.17) is 0 Å². The Bertz CT molecular complexity index is 1150. The summed E-state index contributed by atoms with van der Waals surface area (Å²) >= 11 is 1.27. The Kier molecular flexibility index (Phi) is 4.99. The number of aromatic nitrogens is 6. The smallest absolute Gasteiger partial charge is 0.235 e. The van der Waals surface area contributed by atoms with Crippen LogP contribution in [0.5, 0.6) is 0 Å². The van der Waals surface area contributed by atoms with Crippen molar-refractivity contribution in [3.05, 3.63) is 36.5 Å². The van der Waals surface area contributed by atoms with E-state index in [2.05, 4.69) is 43.2 Å². The number of carbonyl (C=O) groups is 1. The molecule has 1 aromatic carbocycles. The molecular weight excluding hydrogens is 374 g/mol. The summed E-state index contributed by atoms with van der Waals surface area (Å²) in [6.45, 7) is 6.89. The van der Waals surface area contributed by atoms with E-state index in [9.17, 15) is 4.79 Å². The van der Waals surface area contributed by atoms with Crippen molar-refractivity contribution >= 4 is 45.6 Å². The van der Waals surface area contributed by atoms with Gasteiger partial charge in [0.25, 0.3) is 0 Å². The van der Waals surface area contributed by atoms with Gasteiger partial charge in [0.1, 0.15) is 11.3 Å². The summed E-state index contributed by atoms with van der Waals surface area (Å²) in [7, 11) is 0. The zero-order valence-corrected chi connectivity index (χ0v) is 16.8. The minimum absolute atomic E-state index is 0.132. The van der Waals surface area contributed by atoms with E-state index in [1.807, 2.05) is 32.0 Å². The number of aryl methyl sites for hydroxylation is 1. The Balaban J connectivity index is 1.53. The zero-order chi connectivity index (χ0) is 19.7. The summed E-state index contributed by atoms with van der Waals surface area (Å²) < 4.78 is 3.89. The number of fused-ring (bicyclic) bond motifs is 3. The van der Waals surface area contributed by atoms with Crippen LogP contribution < -0.4 is 5.32 Å². The first kappa shape index (κ1) is 18.4. The molecule has 3 heterocycles. The van der Waals surface area contributed by atoms with Crippen LogP contribution in [-0.4, -0.2) is 41.2 Å². The van der Waals surface area contributed by atoms with E-state index in [0.717, 1.165) is 28.6 Å². The van der Waals surface area contributed by atoms with Crippen LogP contribution in [0.25, 0.3) is 22.1 Å². The van der Waals surface area contributed by atoms with Crippen molar-refractivity contribution in [2.24, 2.45) is 0 Å². The molecule has 8 nitrogen and oxygen atoms in total. The third-order valence-electron chi connectivity index (χ3n) is 4.43. The number of rotatable bonds is 6. The van der Waals surface area contributed by atoms with Crippen LogP contribution in [-0.2, 0) is 11.3 Å². The summed E-state index contributed by atoms with van der Waals surface area (Å²) in [5.41, 5.74) is 2.66. The van der Waals surface area contributed by atoms with Gasteiger partial charge >= 0.3 is 0 Å². The molecule has 0 saturated heterocycles. The first-order valence-corrected chi connectivity index (χ1v) is 10.1. The lowest BCUT2D eigenvalue weighted by Crippen LogP contribution is -2.18. The van der Waals surface area contributed by atoms with E-state index in [0.29, 0.717) is 11.0 Å². The summed E-state index contributed by atoms with van der Waals surface area (Å²) in [6.07, 6.45) is 1.67. The number of anilines is 1. The van der Waals surface area contributed by atoms with E-state index >= 15 is 0 Å². The Labute approximate surface area is 166 Å². The van der Waals surface area contributed by atoms with E-state index in [1.54, 1.807) is 16.9 Å². The molecule has 0 atom stereocenters. The first-order valence-electron chi connectivity index (χ1n) is 9.16. The zero-order valence-electron chi connectivity index (χ0n) is 16.0. The largest absolute Gasteiger partial charge is 0.324 e. The number of amides is 1. The first-order chi connectivity index (χ1) is 13.6. The van der Waals surface area contributed by atoms with Crippen LogP contribution in [0.1, 0.15) is 26.8 Å². The van der Waals surface area contributed by atoms with Crippen molar-refractivity contribution < 1.29 is 4.79 Å². The van der Waals surface area contributed by atoms with Gasteiger partial charge in [0.2, 0.25) is 11.1 Å². The summed E-state index contributed by atoms with van der Waals surface area (Å²) in [5.74, 6) is 0.747. The second kappa shape index (κ2) is 7.59. The number of nitrogens with one attached hydrogen (secondary N) is 1. The van der Waals surface area contributed by atoms with E-state index in [1.165, 1.54) is 11.8 Å². The molecule has 0 aliphatic heterocycles. The monoisotopic (exact) mass is 395 g/mol. The van der Waals surface area contributed by atoms with Gasteiger partial charge in [-0.1, -0.05) is 30.0 Å². The van der Waals surface area contributed by atoms with Gasteiger partial charge in [0.15, 0.2) is 5.65 Å². The maximum atomic E-state index is 12.3. The third kappa shape index (κ3) is 3.33. The fourth-order valence-corrected chi connectivity index (χ4v) is 3.79. The average Bonchev–Trinajstić information content (AvgIpc) is 3.28. The second-order valence-electron chi connectivity index (χ2n) is 6.62. The van der Waals surface area contributed by atoms with Crippen LogP contribution in [0.3, 0.4) is 0 Å². The second-order valence-corrected chi connectivity index (χ2v) is 7.56. The van der Waals surface area contributed by atoms with E-state index in [-0.39, 0.29) is 17.7 Å². The van der Waals surface area contributed by atoms with Crippen LogP contribution >= 0.6 is 11.8 Å². The molecule has 0 radical (unpaired) electrons. The van der Waals surface area contributed by atoms with Gasteiger partial charge in [-0.15, -0.1) is 10.2 Å². The normalized spacial score (nSPS) is 11.6. The Hall–Kier alpha value is -2.94. The molecule has 1 amide bonds. The number of para-hydroxylation sites is 1. The van der Waals surface area contributed by atoms with Gasteiger partial charge in [-0.25, -0.2) is 9.67 Å². The molecular formula is C19H21N7OS. The SMILES string of the molecule is CCn1c2ccccc2c2nnc(SCC(=O)Nc3ccnn3C(C)C)nc21. The van der Waals surface area contributed by atoms with Crippen molar-refractivity contribution in [1.82, 2.24) is 29.5 Å². The number of carbonyl (C=O) groups excluding carboxylic acids is 1. The van der Waals surface area contributed by atoms with Gasteiger partial charge in [-0.2, -0.15) is 5.10 Å². The molecule has 28 heavy (non-hydrogen) atoms. The predicted molar refractivity (Wildman–Crippen MR) is 110 cm³/mol. The summed E-state index contributed by atoms with van der Waals surface area (Å²) in [5, 5.41) is 17.2. The lowest BCUT2D eigenvalue weighted by Gasteiger charge is -2.11. The van der Waals surface area contributed by atoms with Crippen LogP contribution in [0.4, 0.5) is 5.82 Å². The number of thioether (sulfide) groups is 1. The van der Waals surface area contributed by atoms with Crippen LogP contribution in [0.2, 0.25) is 0 Å². The number of hydrogen-bond donors (Lipinski definition) is 1. The lowest BCUT2D eigenvalue weighted by atomic mass is 10.2. The third-order valence-corrected chi connectivity index (χ3v) is 5.27. The number of nitrogens with zero attached hydrogens (tertiary/aromatic N) is 6. The molecule has 1 N–H and O–H groups in total. The van der Waals surface area contributed by atoms with Gasteiger partial charge < -0.3 is 9.88 Å². The van der Waals surface area contributed by atoms with Crippen LogP contribution in [0, 0.1) is 0 Å². The topological polar surface area (TPSA) is 90.5 Å². The van der Waals surface area contributed by atoms with Crippen LogP contribution in [0.15, 0.2) is 41.7 Å². The van der Waals surface area contributed by atoms with Gasteiger partial charge in [0.05, 0.1) is 17.5 Å². The predicted octanol–water partition coefficient (Wildman–Crippen LogP) is 3.51. The van der Waals surface area contributed by atoms with Crippen molar-refractivity contribution in [2.75, 3.05) is 11.1 Å². The highest BCUT2D eigenvalue weighted by Gasteiger charge is 2.15. The summed E-state index contributed by atoms with van der Waals surface area (Å²) in [4.78, 5) is 17.0. The molecule has 144 valence electrons. The standard InChI is InChI=1S/C19H21N7OS/c1-4-25-14-8-6-5-7-13(14)17-18(25)22-19(24-23-17)28-11-16(27)21-15-9-10-20-26(15)12(2)3/h5-10,12H,4,11H2,1-3H3,(H,21,27). The molecule has 9 heteroatoms. The van der Waals surface area contributed by atoms with Crippen molar-refractivity contribution in [2.45, 2.75) is 38.5 Å². The molecule has 3 aromatic heterocycles. The van der Waals surface area contributed by atoms with Crippen molar-refractivity contribution in [3.8, 4) is 0 Å². The maximum Gasteiger partial charge on any atom is 0.235 e. The van der Waals surface area contributed by atoms with Gasteiger partial charge in [0, 0.05) is 24.0 Å². The molecule has 4 aromatic rings. The summed E-state index contributed by atoms with van der Waals surface area (Å²) in [6, 6.07) is 10.0. The minimum atomic E-state index is -0.132. The molecule has 0 bridgehead atoms. The maximum absolute atomic E-state index is 12.3. The molecule has 4 rings (SSSR count).